The maximum absolute atomic E-state index is 12.9. The average Bonchev–Trinajstić information content (AvgIpc) is 3.04. The Morgan fingerprint density at radius 3 is 2.96 bits per heavy atom. The van der Waals surface area contributed by atoms with Crippen LogP contribution in [0.25, 0.3) is 0 Å². The Bertz CT molecular complexity index is 811. The first-order chi connectivity index (χ1) is 12.1. The molecule has 0 saturated heterocycles. The molecule has 0 fully saturated rings. The molecular weight excluding hydrogens is 323 g/mol. The zero-order chi connectivity index (χ0) is 17.8. The van der Waals surface area contributed by atoms with Gasteiger partial charge in [0.15, 0.2) is 0 Å². The summed E-state index contributed by atoms with van der Waals surface area (Å²) in [5.74, 6) is -0.168. The van der Waals surface area contributed by atoms with Crippen molar-refractivity contribution in [1.29, 1.82) is 0 Å². The van der Waals surface area contributed by atoms with Gasteiger partial charge in [0.2, 0.25) is 5.88 Å². The number of carbonyl (C=O) groups is 1. The number of fused-ring (bicyclic) bond motifs is 1. The second-order valence-electron chi connectivity index (χ2n) is 5.64. The highest BCUT2D eigenvalue weighted by Gasteiger charge is 2.24. The Labute approximate surface area is 145 Å². The largest absolute Gasteiger partial charge is 0.472 e. The van der Waals surface area contributed by atoms with Gasteiger partial charge in [0.1, 0.15) is 18.1 Å². The third-order valence-corrected chi connectivity index (χ3v) is 4.03. The van der Waals surface area contributed by atoms with Crippen molar-refractivity contribution in [3.8, 4) is 5.88 Å². The molecule has 0 saturated carbocycles. The van der Waals surface area contributed by atoms with Crippen LogP contribution < -0.4 is 4.74 Å². The maximum Gasteiger partial charge on any atom is 0.272 e. The van der Waals surface area contributed by atoms with E-state index in [0.717, 1.165) is 17.5 Å². The molecule has 0 unspecified atom stereocenters. The Morgan fingerprint density at radius 2 is 2.28 bits per heavy atom. The second kappa shape index (κ2) is 7.29. The number of pyridine rings is 1. The predicted octanol–water partition coefficient (Wildman–Crippen LogP) is 2.58. The summed E-state index contributed by atoms with van der Waals surface area (Å²) in [6, 6.07) is 4.46. The van der Waals surface area contributed by atoms with E-state index in [4.69, 9.17) is 4.74 Å². The van der Waals surface area contributed by atoms with Gasteiger partial charge in [0, 0.05) is 12.6 Å². The fourth-order valence-electron chi connectivity index (χ4n) is 2.57. The summed E-state index contributed by atoms with van der Waals surface area (Å²) < 4.78 is 20.5. The average molecular weight is 342 g/mol. The fourth-order valence-corrected chi connectivity index (χ4v) is 2.57. The molecule has 1 amide bonds. The van der Waals surface area contributed by atoms with Crippen LogP contribution in [0.3, 0.4) is 0 Å². The van der Waals surface area contributed by atoms with Crippen LogP contribution in [0.4, 0.5) is 4.39 Å². The molecule has 25 heavy (non-hydrogen) atoms. The van der Waals surface area contributed by atoms with Crippen LogP contribution >= 0.6 is 0 Å². The summed E-state index contributed by atoms with van der Waals surface area (Å²) in [5, 5.41) is 4.40. The first-order valence-corrected chi connectivity index (χ1v) is 7.98. The fraction of sp³-hybridized carbons (Fsp3) is 0.278. The Hall–Kier alpha value is -2.96. The minimum atomic E-state index is -0.463. The molecule has 0 aliphatic carbocycles. The van der Waals surface area contributed by atoms with Crippen LogP contribution in [-0.2, 0) is 13.1 Å². The van der Waals surface area contributed by atoms with Crippen molar-refractivity contribution < 1.29 is 13.9 Å². The van der Waals surface area contributed by atoms with E-state index in [2.05, 4.69) is 16.7 Å². The molecule has 7 heteroatoms. The summed E-state index contributed by atoms with van der Waals surface area (Å²) in [5.41, 5.74) is 2.09. The van der Waals surface area contributed by atoms with Crippen LogP contribution in [0, 0.1) is 5.82 Å². The van der Waals surface area contributed by atoms with E-state index >= 15 is 0 Å². The van der Waals surface area contributed by atoms with Gasteiger partial charge in [-0.25, -0.2) is 9.37 Å². The molecule has 6 nitrogen and oxygen atoms in total. The number of aromatic nitrogens is 3. The van der Waals surface area contributed by atoms with Gasteiger partial charge in [0.25, 0.3) is 5.91 Å². The molecule has 130 valence electrons. The second-order valence-corrected chi connectivity index (χ2v) is 5.64. The molecule has 3 rings (SSSR count). The van der Waals surface area contributed by atoms with Crippen molar-refractivity contribution in [2.75, 3.05) is 13.2 Å². The van der Waals surface area contributed by atoms with E-state index in [9.17, 15) is 9.18 Å². The lowest BCUT2D eigenvalue weighted by Gasteiger charge is -2.27. The molecule has 0 N–H and O–H groups in total. The third kappa shape index (κ3) is 3.76. The SMILES string of the molecule is C=C/C(=C\C)COc1cc2n(n1)CCN(C(=O)c1ccc(F)cn1)C2. The Kier molecular flexibility index (Phi) is 4.92. The van der Waals surface area contributed by atoms with Crippen molar-refractivity contribution >= 4 is 5.91 Å². The van der Waals surface area contributed by atoms with Gasteiger partial charge >= 0.3 is 0 Å². The summed E-state index contributed by atoms with van der Waals surface area (Å²) in [6.07, 6.45) is 4.72. The van der Waals surface area contributed by atoms with E-state index in [1.54, 1.807) is 11.0 Å². The lowest BCUT2D eigenvalue weighted by molar-refractivity contribution is 0.0700. The van der Waals surface area contributed by atoms with Gasteiger partial charge in [-0.15, -0.1) is 5.10 Å². The van der Waals surface area contributed by atoms with E-state index in [1.807, 2.05) is 23.7 Å². The zero-order valence-corrected chi connectivity index (χ0v) is 14.0. The summed E-state index contributed by atoms with van der Waals surface area (Å²) >= 11 is 0. The molecule has 0 spiro atoms. The number of nitrogens with zero attached hydrogens (tertiary/aromatic N) is 4. The van der Waals surface area contributed by atoms with Crippen molar-refractivity contribution in [2.45, 2.75) is 20.0 Å². The summed E-state index contributed by atoms with van der Waals surface area (Å²) in [7, 11) is 0. The number of ether oxygens (including phenoxy) is 1. The van der Waals surface area contributed by atoms with Gasteiger partial charge < -0.3 is 9.64 Å². The first-order valence-electron chi connectivity index (χ1n) is 7.98. The quantitative estimate of drug-likeness (QED) is 0.784. The van der Waals surface area contributed by atoms with E-state index in [-0.39, 0.29) is 11.6 Å². The maximum atomic E-state index is 12.9. The van der Waals surface area contributed by atoms with Crippen molar-refractivity contribution in [2.24, 2.45) is 0 Å². The Balaban J connectivity index is 1.68. The minimum Gasteiger partial charge on any atom is -0.472 e. The van der Waals surface area contributed by atoms with Gasteiger partial charge in [-0.3, -0.25) is 9.48 Å². The van der Waals surface area contributed by atoms with E-state index in [1.165, 1.54) is 12.1 Å². The van der Waals surface area contributed by atoms with Crippen molar-refractivity contribution in [3.63, 3.8) is 0 Å². The van der Waals surface area contributed by atoms with Gasteiger partial charge in [-0.05, 0) is 24.6 Å². The highest BCUT2D eigenvalue weighted by Crippen LogP contribution is 2.20. The molecule has 2 aromatic heterocycles. The third-order valence-electron chi connectivity index (χ3n) is 4.03. The first kappa shape index (κ1) is 16.9. The molecule has 1 aliphatic rings. The monoisotopic (exact) mass is 342 g/mol. The molecule has 0 atom stereocenters. The number of halogens is 1. The molecule has 0 bridgehead atoms. The van der Waals surface area contributed by atoms with Crippen LogP contribution in [0.15, 0.2) is 48.7 Å². The number of hydrogen-bond acceptors (Lipinski definition) is 4. The van der Waals surface area contributed by atoms with Crippen LogP contribution in [0.1, 0.15) is 23.1 Å². The van der Waals surface area contributed by atoms with Crippen molar-refractivity contribution in [1.82, 2.24) is 19.7 Å². The molecule has 0 radical (unpaired) electrons. The van der Waals surface area contributed by atoms with Crippen LogP contribution in [0.5, 0.6) is 5.88 Å². The number of hydrogen-bond donors (Lipinski definition) is 0. The molecule has 1 aliphatic heterocycles. The van der Waals surface area contributed by atoms with Gasteiger partial charge in [-0.1, -0.05) is 18.7 Å². The van der Waals surface area contributed by atoms with Gasteiger partial charge in [0.05, 0.1) is 25.0 Å². The lowest BCUT2D eigenvalue weighted by atomic mass is 10.2. The molecule has 3 heterocycles. The topological polar surface area (TPSA) is 60.2 Å². The van der Waals surface area contributed by atoms with Crippen molar-refractivity contribution in [3.05, 3.63) is 65.9 Å². The minimum absolute atomic E-state index is 0.224. The number of carbonyl (C=O) groups excluding carboxylic acids is 1. The number of allylic oxidation sites excluding steroid dienone is 1. The summed E-state index contributed by atoms with van der Waals surface area (Å²) in [6.45, 7) is 7.54. The predicted molar refractivity (Wildman–Crippen MR) is 90.6 cm³/mol. The summed E-state index contributed by atoms with van der Waals surface area (Å²) in [4.78, 5) is 18.0. The van der Waals surface area contributed by atoms with Crippen LogP contribution in [0.2, 0.25) is 0 Å². The highest BCUT2D eigenvalue weighted by molar-refractivity contribution is 5.92. The molecule has 2 aromatic rings. The zero-order valence-electron chi connectivity index (χ0n) is 14.0. The molecule has 0 aromatic carbocycles. The normalized spacial score (nSPS) is 14.2. The number of rotatable bonds is 5. The van der Waals surface area contributed by atoms with E-state index in [0.29, 0.717) is 32.1 Å². The van der Waals surface area contributed by atoms with Crippen LogP contribution in [-0.4, -0.2) is 38.7 Å². The lowest BCUT2D eigenvalue weighted by Crippen LogP contribution is -2.38. The number of amides is 1. The van der Waals surface area contributed by atoms with Gasteiger partial charge in [-0.2, -0.15) is 0 Å². The smallest absolute Gasteiger partial charge is 0.272 e. The highest BCUT2D eigenvalue weighted by atomic mass is 19.1. The van der Waals surface area contributed by atoms with E-state index < -0.39 is 5.82 Å². The standard InChI is InChI=1S/C18H19FN4O2/c1-3-13(4-2)12-25-17-9-15-11-22(7-8-23(15)21-17)18(24)16-6-5-14(19)10-20-16/h3-6,9-10H,1,7-8,11-12H2,2H3/b13-4+. The molecular formula is C18H19FN4O2. The Morgan fingerprint density at radius 1 is 1.44 bits per heavy atom.